The maximum atomic E-state index is 13.2. The minimum absolute atomic E-state index is 0. The summed E-state index contributed by atoms with van der Waals surface area (Å²) in [4.78, 5) is 11.1. The predicted octanol–water partition coefficient (Wildman–Crippen LogP) is 3.08. The van der Waals surface area contributed by atoms with Crippen LogP contribution < -0.4 is 5.32 Å². The van der Waals surface area contributed by atoms with Crippen molar-refractivity contribution in [3.05, 3.63) is 0 Å². The largest absolute Gasteiger partial charge is 0.460 e. The van der Waals surface area contributed by atoms with E-state index in [4.69, 9.17) is 0 Å². The van der Waals surface area contributed by atoms with Crippen molar-refractivity contribution in [3.63, 3.8) is 0 Å². The van der Waals surface area contributed by atoms with Gasteiger partial charge < -0.3 is 10.8 Å². The van der Waals surface area contributed by atoms with Crippen LogP contribution in [0.3, 0.4) is 0 Å². The molecule has 3 N–H and O–H groups in total. The van der Waals surface area contributed by atoms with E-state index in [0.717, 1.165) is 0 Å². The molecule has 12 heteroatoms. The Bertz CT molecular complexity index is 416. The van der Waals surface area contributed by atoms with Gasteiger partial charge in [0.15, 0.2) is 0 Å². The summed E-state index contributed by atoms with van der Waals surface area (Å²) in [5.41, 5.74) is 0. The molecule has 0 saturated heterocycles. The third kappa shape index (κ3) is 3.83. The molecule has 0 aromatic carbocycles. The number of nitrogens with one attached hydrogen (secondary N) is 1. The maximum absolute atomic E-state index is 13.2. The number of rotatable bonds is 4. The predicted molar refractivity (Wildman–Crippen MR) is 59.5 cm³/mol. The molecule has 1 aliphatic rings. The van der Waals surface area contributed by atoms with E-state index in [9.17, 15) is 44.3 Å². The van der Waals surface area contributed by atoms with Gasteiger partial charge in [-0.3, -0.25) is 4.79 Å². The second-order valence-corrected chi connectivity index (χ2v) is 5.03. The lowest BCUT2D eigenvalue weighted by Gasteiger charge is -2.34. The Morgan fingerprint density at radius 1 is 0.783 bits per heavy atom. The smallest absolute Gasteiger partial charge is 0.412 e. The van der Waals surface area contributed by atoms with E-state index in [1.54, 1.807) is 0 Å². The normalized spacial score (nSPS) is 18.3. The fraction of sp³-hybridized carbons (Fsp3) is 0.909. The molecule has 0 aromatic heterocycles. The highest BCUT2D eigenvalue weighted by atomic mass is 19.4. The molecule has 1 saturated carbocycles. The van der Waals surface area contributed by atoms with Crippen LogP contribution in [0.25, 0.3) is 0 Å². The van der Waals surface area contributed by atoms with Crippen molar-refractivity contribution in [3.8, 4) is 0 Å². The quantitative estimate of drug-likeness (QED) is 0.767. The Hall–Kier alpha value is -1.20. The molecule has 0 radical (unpaired) electrons. The molecule has 1 rings (SSSR count). The fourth-order valence-corrected chi connectivity index (χ4v) is 2.04. The zero-order valence-electron chi connectivity index (χ0n) is 11.4. The SMILES string of the molecule is O.O=C(NC1CCCCC1)C(F)(F)C(F)(F)C(F)(F)C(F)(F)F. The lowest BCUT2D eigenvalue weighted by atomic mass is 9.94. The van der Waals surface area contributed by atoms with E-state index in [1.165, 1.54) is 5.32 Å². The van der Waals surface area contributed by atoms with Crippen LogP contribution in [0.5, 0.6) is 0 Å². The first-order chi connectivity index (χ1) is 9.75. The van der Waals surface area contributed by atoms with Crippen molar-refractivity contribution in [2.24, 2.45) is 0 Å². The zero-order chi connectivity index (χ0) is 17.4. The summed E-state index contributed by atoms with van der Waals surface area (Å²) >= 11 is 0. The van der Waals surface area contributed by atoms with Crippen LogP contribution in [0, 0.1) is 0 Å². The molecule has 138 valence electrons. The van der Waals surface area contributed by atoms with Gasteiger partial charge in [0.05, 0.1) is 0 Å². The monoisotopic (exact) mass is 363 g/mol. The van der Waals surface area contributed by atoms with Crippen molar-refractivity contribution in [1.29, 1.82) is 0 Å². The van der Waals surface area contributed by atoms with Gasteiger partial charge in [0, 0.05) is 6.04 Å². The number of halogens is 9. The summed E-state index contributed by atoms with van der Waals surface area (Å²) in [6, 6.07) is -0.956. The average molecular weight is 363 g/mol. The van der Waals surface area contributed by atoms with Gasteiger partial charge in [-0.05, 0) is 12.8 Å². The van der Waals surface area contributed by atoms with Crippen LogP contribution in [0.1, 0.15) is 32.1 Å². The van der Waals surface area contributed by atoms with Gasteiger partial charge in [0.2, 0.25) is 0 Å². The van der Waals surface area contributed by atoms with Crippen LogP contribution >= 0.6 is 0 Å². The van der Waals surface area contributed by atoms with E-state index in [1.807, 2.05) is 0 Å². The third-order valence-corrected chi connectivity index (χ3v) is 3.37. The molecule has 0 aliphatic heterocycles. The van der Waals surface area contributed by atoms with Crippen LogP contribution in [0.4, 0.5) is 39.5 Å². The Morgan fingerprint density at radius 2 is 1.22 bits per heavy atom. The first-order valence-corrected chi connectivity index (χ1v) is 6.26. The molecular formula is C11H14F9NO2. The van der Waals surface area contributed by atoms with Crippen LogP contribution in [0.2, 0.25) is 0 Å². The summed E-state index contributed by atoms with van der Waals surface area (Å²) in [5, 5.41) is 1.42. The summed E-state index contributed by atoms with van der Waals surface area (Å²) < 4.78 is 113. The maximum Gasteiger partial charge on any atom is 0.460 e. The van der Waals surface area contributed by atoms with E-state index < -0.39 is 35.9 Å². The average Bonchev–Trinajstić information content (AvgIpc) is 2.38. The van der Waals surface area contributed by atoms with Crippen LogP contribution in [0.15, 0.2) is 0 Å². The van der Waals surface area contributed by atoms with E-state index >= 15 is 0 Å². The minimum atomic E-state index is -7.05. The second kappa shape index (κ2) is 6.73. The number of hydrogen-bond donors (Lipinski definition) is 1. The van der Waals surface area contributed by atoms with Crippen LogP contribution in [-0.2, 0) is 4.79 Å². The molecule has 0 heterocycles. The van der Waals surface area contributed by atoms with Crippen molar-refractivity contribution in [1.82, 2.24) is 5.32 Å². The first kappa shape index (κ1) is 21.8. The third-order valence-electron chi connectivity index (χ3n) is 3.37. The van der Waals surface area contributed by atoms with E-state index in [-0.39, 0.29) is 18.3 Å². The molecule has 0 aromatic rings. The molecule has 0 spiro atoms. The summed E-state index contributed by atoms with van der Waals surface area (Å²) in [5.74, 6) is -23.0. The molecular weight excluding hydrogens is 349 g/mol. The Labute approximate surface area is 124 Å². The highest BCUT2D eigenvalue weighted by Crippen LogP contribution is 2.53. The van der Waals surface area contributed by atoms with Crippen molar-refractivity contribution in [2.45, 2.75) is 62.1 Å². The summed E-state index contributed by atoms with van der Waals surface area (Å²) in [6.07, 6.45) is -4.92. The van der Waals surface area contributed by atoms with Gasteiger partial charge in [0.25, 0.3) is 5.91 Å². The molecule has 0 bridgehead atoms. The van der Waals surface area contributed by atoms with Gasteiger partial charge in [-0.25, -0.2) is 0 Å². The van der Waals surface area contributed by atoms with Crippen molar-refractivity contribution >= 4 is 5.91 Å². The lowest BCUT2D eigenvalue weighted by molar-refractivity contribution is -0.388. The summed E-state index contributed by atoms with van der Waals surface area (Å²) in [7, 11) is 0. The Balaban J connectivity index is 0.00000484. The van der Waals surface area contributed by atoms with Crippen molar-refractivity contribution < 1.29 is 49.8 Å². The Morgan fingerprint density at radius 3 is 1.61 bits per heavy atom. The van der Waals surface area contributed by atoms with Crippen molar-refractivity contribution in [2.75, 3.05) is 0 Å². The minimum Gasteiger partial charge on any atom is -0.412 e. The van der Waals surface area contributed by atoms with Gasteiger partial charge in [0.1, 0.15) is 0 Å². The molecule has 3 nitrogen and oxygen atoms in total. The van der Waals surface area contributed by atoms with Crippen LogP contribution in [-0.4, -0.2) is 41.4 Å². The number of carbonyl (C=O) groups excluding carboxylic acids is 1. The first-order valence-electron chi connectivity index (χ1n) is 6.26. The topological polar surface area (TPSA) is 60.6 Å². The second-order valence-electron chi connectivity index (χ2n) is 5.03. The highest BCUT2D eigenvalue weighted by Gasteiger charge is 2.83. The number of alkyl halides is 9. The van der Waals surface area contributed by atoms with Gasteiger partial charge >= 0.3 is 23.9 Å². The van der Waals surface area contributed by atoms with Gasteiger partial charge in [-0.1, -0.05) is 19.3 Å². The highest BCUT2D eigenvalue weighted by molar-refractivity contribution is 5.85. The summed E-state index contributed by atoms with van der Waals surface area (Å²) in [6.45, 7) is 0. The number of carbonyl (C=O) groups is 1. The molecule has 23 heavy (non-hydrogen) atoms. The Kier molecular flexibility index (Phi) is 6.38. The van der Waals surface area contributed by atoms with Gasteiger partial charge in [-0.2, -0.15) is 39.5 Å². The number of amides is 1. The van der Waals surface area contributed by atoms with E-state index in [0.29, 0.717) is 19.3 Å². The lowest BCUT2D eigenvalue weighted by Crippen LogP contribution is -2.65. The van der Waals surface area contributed by atoms with E-state index in [2.05, 4.69) is 0 Å². The van der Waals surface area contributed by atoms with Gasteiger partial charge in [-0.15, -0.1) is 0 Å². The fourth-order valence-electron chi connectivity index (χ4n) is 2.04. The molecule has 1 fully saturated rings. The molecule has 0 atom stereocenters. The molecule has 1 aliphatic carbocycles. The molecule has 1 amide bonds. The zero-order valence-corrected chi connectivity index (χ0v) is 11.4. The standard InChI is InChI=1S/C11H12F9NO.H2O/c12-8(13,7(22)21-6-4-2-1-3-5-6)9(14,15)10(16,17)11(18,19)20;/h6H,1-5H2,(H,21,22);1H2. The molecule has 0 unspecified atom stereocenters. The number of hydrogen-bond acceptors (Lipinski definition) is 1.